The van der Waals surface area contributed by atoms with Crippen molar-refractivity contribution in [3.63, 3.8) is 0 Å². The molecule has 1 heterocycles. The van der Waals surface area contributed by atoms with Crippen LogP contribution in [0.25, 0.3) is 0 Å². The van der Waals surface area contributed by atoms with Crippen molar-refractivity contribution in [2.24, 2.45) is 5.92 Å². The van der Waals surface area contributed by atoms with Crippen molar-refractivity contribution in [1.29, 1.82) is 5.26 Å². The summed E-state index contributed by atoms with van der Waals surface area (Å²) >= 11 is 0. The number of methoxy groups -OCH3 is 1. The second kappa shape index (κ2) is 7.77. The highest BCUT2D eigenvalue weighted by Crippen LogP contribution is 2.19. The van der Waals surface area contributed by atoms with E-state index < -0.39 is 0 Å². The number of hydrogen-bond acceptors (Lipinski definition) is 4. The van der Waals surface area contributed by atoms with E-state index in [1.165, 1.54) is 7.11 Å². The van der Waals surface area contributed by atoms with Crippen LogP contribution in [0.1, 0.15) is 17.5 Å². The maximum Gasteiger partial charge on any atom is 0.245 e. The number of rotatable bonds is 6. The van der Waals surface area contributed by atoms with E-state index in [1.807, 2.05) is 24.3 Å². The van der Waals surface area contributed by atoms with Gasteiger partial charge in [0.15, 0.2) is 0 Å². The lowest BCUT2D eigenvalue weighted by Gasteiger charge is -2.17. The summed E-state index contributed by atoms with van der Waals surface area (Å²) in [5.41, 5.74) is 1.82. The molecule has 1 atom stereocenters. The molecule has 1 N–H and O–H groups in total. The fourth-order valence-electron chi connectivity index (χ4n) is 2.67. The molecule has 1 aromatic rings. The van der Waals surface area contributed by atoms with Gasteiger partial charge in [0.1, 0.15) is 6.61 Å². The summed E-state index contributed by atoms with van der Waals surface area (Å²) in [6.07, 6.45) is 1.07. The molecular formula is C16H21N3O2. The van der Waals surface area contributed by atoms with Gasteiger partial charge in [-0.2, -0.15) is 5.26 Å². The Kier molecular flexibility index (Phi) is 5.73. The van der Waals surface area contributed by atoms with Crippen LogP contribution in [-0.4, -0.2) is 44.2 Å². The number of ether oxygens (including phenoxy) is 1. The van der Waals surface area contributed by atoms with Crippen molar-refractivity contribution in [2.45, 2.75) is 13.0 Å². The van der Waals surface area contributed by atoms with Crippen LogP contribution >= 0.6 is 0 Å². The molecule has 0 radical (unpaired) electrons. The minimum Gasteiger partial charge on any atom is -0.375 e. The van der Waals surface area contributed by atoms with Gasteiger partial charge in [-0.15, -0.1) is 0 Å². The average molecular weight is 287 g/mol. The summed E-state index contributed by atoms with van der Waals surface area (Å²) in [4.78, 5) is 13.7. The lowest BCUT2D eigenvalue weighted by atomic mass is 10.1. The monoisotopic (exact) mass is 287 g/mol. The highest BCUT2D eigenvalue weighted by atomic mass is 16.5. The van der Waals surface area contributed by atoms with E-state index in [-0.39, 0.29) is 12.5 Å². The summed E-state index contributed by atoms with van der Waals surface area (Å²) in [5.74, 6) is 0.408. The van der Waals surface area contributed by atoms with Gasteiger partial charge in [-0.25, -0.2) is 0 Å². The number of hydrogen-bond donors (Lipinski definition) is 1. The largest absolute Gasteiger partial charge is 0.375 e. The maximum absolute atomic E-state index is 11.4. The first-order valence-electron chi connectivity index (χ1n) is 7.19. The van der Waals surface area contributed by atoms with Crippen LogP contribution in [0, 0.1) is 17.2 Å². The fraction of sp³-hybridized carbons (Fsp3) is 0.500. The van der Waals surface area contributed by atoms with Crippen molar-refractivity contribution in [2.75, 3.05) is 33.4 Å². The predicted molar refractivity (Wildman–Crippen MR) is 79.4 cm³/mol. The highest BCUT2D eigenvalue weighted by molar-refractivity contribution is 5.77. The van der Waals surface area contributed by atoms with E-state index >= 15 is 0 Å². The molecule has 1 fully saturated rings. The van der Waals surface area contributed by atoms with Gasteiger partial charge in [0.05, 0.1) is 11.6 Å². The molecule has 0 spiro atoms. The smallest absolute Gasteiger partial charge is 0.245 e. The fourth-order valence-corrected chi connectivity index (χ4v) is 2.67. The van der Waals surface area contributed by atoms with Crippen molar-refractivity contribution in [3.05, 3.63) is 35.4 Å². The normalized spacial score (nSPS) is 18.4. The van der Waals surface area contributed by atoms with Crippen LogP contribution < -0.4 is 5.32 Å². The van der Waals surface area contributed by atoms with Gasteiger partial charge in [0, 0.05) is 26.7 Å². The highest BCUT2D eigenvalue weighted by Gasteiger charge is 2.23. The van der Waals surface area contributed by atoms with Crippen LogP contribution in [0.3, 0.4) is 0 Å². The molecule has 1 amide bonds. The van der Waals surface area contributed by atoms with Crippen LogP contribution in [-0.2, 0) is 16.1 Å². The van der Waals surface area contributed by atoms with Crippen molar-refractivity contribution >= 4 is 5.91 Å². The number of carbonyl (C=O) groups is 1. The van der Waals surface area contributed by atoms with Crippen molar-refractivity contribution < 1.29 is 9.53 Å². The summed E-state index contributed by atoms with van der Waals surface area (Å²) in [6.45, 7) is 3.56. The molecule has 112 valence electrons. The topological polar surface area (TPSA) is 65.4 Å². The zero-order valence-electron chi connectivity index (χ0n) is 12.3. The number of nitriles is 1. The average Bonchev–Trinajstić information content (AvgIpc) is 2.94. The first-order valence-corrected chi connectivity index (χ1v) is 7.19. The van der Waals surface area contributed by atoms with E-state index in [0.717, 1.165) is 37.2 Å². The molecule has 1 saturated heterocycles. The number of benzene rings is 1. The quantitative estimate of drug-likeness (QED) is 0.852. The van der Waals surface area contributed by atoms with E-state index in [4.69, 9.17) is 10.00 Å². The minimum atomic E-state index is -0.0641. The van der Waals surface area contributed by atoms with Crippen LogP contribution in [0.15, 0.2) is 24.3 Å². The Bertz CT molecular complexity index is 524. The standard InChI is InChI=1S/C16H21N3O2/c1-21-12-16(20)18-9-13-6-7-19(10-13)11-15-5-3-2-4-14(15)8-17/h2-5,13H,6-7,9-12H2,1H3,(H,18,20)/t13-/m0/s1. The number of amides is 1. The lowest BCUT2D eigenvalue weighted by Crippen LogP contribution is -2.33. The molecule has 0 unspecified atom stereocenters. The van der Waals surface area contributed by atoms with E-state index in [0.29, 0.717) is 12.5 Å². The Morgan fingerprint density at radius 2 is 2.33 bits per heavy atom. The van der Waals surface area contributed by atoms with Gasteiger partial charge in [0.2, 0.25) is 5.91 Å². The third-order valence-electron chi connectivity index (χ3n) is 3.77. The lowest BCUT2D eigenvalue weighted by molar-refractivity contribution is -0.124. The number of nitrogens with zero attached hydrogens (tertiary/aromatic N) is 2. The Morgan fingerprint density at radius 1 is 1.52 bits per heavy atom. The summed E-state index contributed by atoms with van der Waals surface area (Å²) < 4.78 is 4.79. The second-order valence-electron chi connectivity index (χ2n) is 5.40. The molecule has 0 saturated carbocycles. The Morgan fingerprint density at radius 3 is 3.10 bits per heavy atom. The van der Waals surface area contributed by atoms with Crippen LogP contribution in [0.5, 0.6) is 0 Å². The zero-order chi connectivity index (χ0) is 15.1. The number of likely N-dealkylation sites (tertiary alicyclic amines) is 1. The third kappa shape index (κ3) is 4.55. The van der Waals surface area contributed by atoms with Crippen molar-refractivity contribution in [1.82, 2.24) is 10.2 Å². The summed E-state index contributed by atoms with van der Waals surface area (Å²) in [7, 11) is 1.52. The molecule has 1 aliphatic heterocycles. The molecule has 1 aliphatic rings. The molecule has 1 aromatic carbocycles. The molecule has 0 aromatic heterocycles. The van der Waals surface area contributed by atoms with Gasteiger partial charge in [-0.05, 0) is 30.5 Å². The number of nitrogens with one attached hydrogen (secondary N) is 1. The Labute approximate surface area is 125 Å². The first-order chi connectivity index (χ1) is 10.2. The van der Waals surface area contributed by atoms with E-state index in [9.17, 15) is 4.79 Å². The molecule has 2 rings (SSSR count). The van der Waals surface area contributed by atoms with Crippen molar-refractivity contribution in [3.8, 4) is 6.07 Å². The SMILES string of the molecule is COCC(=O)NC[C@@H]1CCN(Cc2ccccc2C#N)C1. The van der Waals surface area contributed by atoms with E-state index in [2.05, 4.69) is 16.3 Å². The maximum atomic E-state index is 11.4. The van der Waals surface area contributed by atoms with Gasteiger partial charge < -0.3 is 10.1 Å². The zero-order valence-corrected chi connectivity index (χ0v) is 12.3. The van der Waals surface area contributed by atoms with Crippen LogP contribution in [0.2, 0.25) is 0 Å². The molecule has 5 heteroatoms. The molecule has 0 bridgehead atoms. The third-order valence-corrected chi connectivity index (χ3v) is 3.77. The molecular weight excluding hydrogens is 266 g/mol. The van der Waals surface area contributed by atoms with E-state index in [1.54, 1.807) is 0 Å². The van der Waals surface area contributed by atoms with Gasteiger partial charge in [0.25, 0.3) is 0 Å². The Hall–Kier alpha value is -1.90. The van der Waals surface area contributed by atoms with Gasteiger partial charge in [-0.3, -0.25) is 9.69 Å². The molecule has 0 aliphatic carbocycles. The summed E-state index contributed by atoms with van der Waals surface area (Å²) in [6, 6.07) is 9.95. The van der Waals surface area contributed by atoms with Gasteiger partial charge >= 0.3 is 0 Å². The summed E-state index contributed by atoms with van der Waals surface area (Å²) in [5, 5.41) is 12.0. The second-order valence-corrected chi connectivity index (χ2v) is 5.40. The minimum absolute atomic E-state index is 0.0641. The predicted octanol–water partition coefficient (Wildman–Crippen LogP) is 1.14. The number of carbonyl (C=O) groups excluding carboxylic acids is 1. The molecule has 5 nitrogen and oxygen atoms in total. The first kappa shape index (κ1) is 15.5. The van der Waals surface area contributed by atoms with Gasteiger partial charge in [-0.1, -0.05) is 18.2 Å². The molecule has 21 heavy (non-hydrogen) atoms. The Balaban J connectivity index is 1.80. The van der Waals surface area contributed by atoms with Crippen LogP contribution in [0.4, 0.5) is 0 Å².